The Hall–Kier alpha value is -2.31. The number of hydrogen-bond donors (Lipinski definition) is 3. The molecule has 1 fully saturated rings. The fourth-order valence-corrected chi connectivity index (χ4v) is 2.78. The number of ether oxygens (including phenoxy) is 1. The van der Waals surface area contributed by atoms with Crippen molar-refractivity contribution in [1.82, 2.24) is 5.32 Å². The summed E-state index contributed by atoms with van der Waals surface area (Å²) >= 11 is 0. The first-order valence-corrected chi connectivity index (χ1v) is 7.57. The summed E-state index contributed by atoms with van der Waals surface area (Å²) in [5.74, 6) is -2.51. The number of rotatable bonds is 7. The minimum absolute atomic E-state index is 0.323. The standard InChI is InChI=1S/C16H24N2O5/c1-10(19)13(14(20)17-2)15(21)18-12(16(22)23-3)9-11-7-5-4-6-8-11/h11-12,19-20H,1-2,4-9H2,3H3,(H,18,21)/b14-13-. The van der Waals surface area contributed by atoms with Crippen molar-refractivity contribution in [3.63, 3.8) is 0 Å². The zero-order valence-electron chi connectivity index (χ0n) is 13.4. The second kappa shape index (κ2) is 8.97. The molecule has 1 amide bonds. The highest BCUT2D eigenvalue weighted by Crippen LogP contribution is 2.27. The first-order valence-electron chi connectivity index (χ1n) is 7.57. The Labute approximate surface area is 135 Å². The highest BCUT2D eigenvalue weighted by Gasteiger charge is 2.29. The molecular formula is C16H24N2O5. The maximum absolute atomic E-state index is 12.2. The van der Waals surface area contributed by atoms with Crippen LogP contribution in [0.4, 0.5) is 0 Å². The molecule has 7 nitrogen and oxygen atoms in total. The van der Waals surface area contributed by atoms with E-state index in [1.807, 2.05) is 0 Å². The highest BCUT2D eigenvalue weighted by atomic mass is 16.5. The van der Waals surface area contributed by atoms with Gasteiger partial charge in [-0.3, -0.25) is 4.79 Å². The zero-order chi connectivity index (χ0) is 17.4. The summed E-state index contributed by atoms with van der Waals surface area (Å²) in [5, 5.41) is 21.5. The van der Waals surface area contributed by atoms with Gasteiger partial charge in [0, 0.05) is 0 Å². The van der Waals surface area contributed by atoms with Crippen LogP contribution in [0, 0.1) is 5.92 Å². The molecule has 1 atom stereocenters. The van der Waals surface area contributed by atoms with Crippen LogP contribution in [0.5, 0.6) is 0 Å². The monoisotopic (exact) mass is 324 g/mol. The molecule has 3 N–H and O–H groups in total. The lowest BCUT2D eigenvalue weighted by Crippen LogP contribution is -2.44. The third kappa shape index (κ3) is 5.43. The van der Waals surface area contributed by atoms with Gasteiger partial charge in [-0.05, 0) is 19.1 Å². The van der Waals surface area contributed by atoms with Crippen LogP contribution in [0.2, 0.25) is 0 Å². The van der Waals surface area contributed by atoms with Crippen LogP contribution >= 0.6 is 0 Å². The Bertz CT molecular complexity index is 507. The van der Waals surface area contributed by atoms with Gasteiger partial charge in [0.05, 0.1) is 7.11 Å². The highest BCUT2D eigenvalue weighted by molar-refractivity contribution is 5.99. The van der Waals surface area contributed by atoms with Gasteiger partial charge in [-0.2, -0.15) is 0 Å². The van der Waals surface area contributed by atoms with Gasteiger partial charge < -0.3 is 20.3 Å². The molecule has 0 aromatic rings. The lowest BCUT2D eigenvalue weighted by Gasteiger charge is -2.26. The van der Waals surface area contributed by atoms with Gasteiger partial charge in [0.15, 0.2) is 0 Å². The fraction of sp³-hybridized carbons (Fsp3) is 0.562. The Kier molecular flexibility index (Phi) is 7.31. The lowest BCUT2D eigenvalue weighted by atomic mass is 9.84. The van der Waals surface area contributed by atoms with Crippen LogP contribution in [-0.4, -0.2) is 42.0 Å². The van der Waals surface area contributed by atoms with Crippen molar-refractivity contribution in [1.29, 1.82) is 0 Å². The number of nitrogens with zero attached hydrogens (tertiary/aromatic N) is 1. The van der Waals surface area contributed by atoms with Gasteiger partial charge in [-0.15, -0.1) is 0 Å². The van der Waals surface area contributed by atoms with Crippen LogP contribution in [0.3, 0.4) is 0 Å². The van der Waals surface area contributed by atoms with Crippen molar-refractivity contribution in [2.75, 3.05) is 7.11 Å². The Morgan fingerprint density at radius 2 is 1.91 bits per heavy atom. The minimum atomic E-state index is -0.859. The number of amides is 1. The van der Waals surface area contributed by atoms with E-state index >= 15 is 0 Å². The average molecular weight is 324 g/mol. The maximum Gasteiger partial charge on any atom is 0.328 e. The van der Waals surface area contributed by atoms with Gasteiger partial charge in [0.2, 0.25) is 5.88 Å². The van der Waals surface area contributed by atoms with E-state index in [0.717, 1.165) is 25.7 Å². The summed E-state index contributed by atoms with van der Waals surface area (Å²) in [6.45, 7) is 6.30. The lowest BCUT2D eigenvalue weighted by molar-refractivity contribution is -0.145. The number of carbonyl (C=O) groups excluding carboxylic acids is 2. The molecule has 0 saturated heterocycles. The van der Waals surface area contributed by atoms with E-state index in [1.165, 1.54) is 13.5 Å². The van der Waals surface area contributed by atoms with E-state index in [1.54, 1.807) is 0 Å². The Morgan fingerprint density at radius 3 is 2.39 bits per heavy atom. The van der Waals surface area contributed by atoms with Crippen molar-refractivity contribution in [3.8, 4) is 0 Å². The number of aliphatic hydroxyl groups is 2. The molecule has 1 unspecified atom stereocenters. The molecule has 0 bridgehead atoms. The minimum Gasteiger partial charge on any atom is -0.508 e. The second-order valence-corrected chi connectivity index (χ2v) is 5.59. The molecule has 0 heterocycles. The van der Waals surface area contributed by atoms with E-state index in [2.05, 4.69) is 23.6 Å². The first-order chi connectivity index (χ1) is 10.9. The summed E-state index contributed by atoms with van der Waals surface area (Å²) in [5.41, 5.74) is -0.516. The third-order valence-electron chi connectivity index (χ3n) is 3.97. The smallest absolute Gasteiger partial charge is 0.328 e. The topological polar surface area (TPSA) is 108 Å². The van der Waals surface area contributed by atoms with E-state index < -0.39 is 35.1 Å². The van der Waals surface area contributed by atoms with Crippen molar-refractivity contribution in [2.45, 2.75) is 44.6 Å². The van der Waals surface area contributed by atoms with Crippen LogP contribution in [0.1, 0.15) is 38.5 Å². The maximum atomic E-state index is 12.2. The van der Waals surface area contributed by atoms with Gasteiger partial charge in [-0.25, -0.2) is 9.79 Å². The molecule has 23 heavy (non-hydrogen) atoms. The largest absolute Gasteiger partial charge is 0.508 e. The van der Waals surface area contributed by atoms with E-state index in [4.69, 9.17) is 4.74 Å². The van der Waals surface area contributed by atoms with Gasteiger partial charge in [0.25, 0.3) is 5.91 Å². The summed E-state index contributed by atoms with van der Waals surface area (Å²) in [6, 6.07) is -0.859. The molecule has 0 aromatic carbocycles. The second-order valence-electron chi connectivity index (χ2n) is 5.59. The zero-order valence-corrected chi connectivity index (χ0v) is 13.4. The van der Waals surface area contributed by atoms with Crippen LogP contribution in [-0.2, 0) is 14.3 Å². The van der Waals surface area contributed by atoms with Gasteiger partial charge in [0.1, 0.15) is 17.4 Å². The molecule has 1 rings (SSSR count). The fourth-order valence-electron chi connectivity index (χ4n) is 2.78. The molecule has 0 aromatic heterocycles. The predicted octanol–water partition coefficient (Wildman–Crippen LogP) is 2.16. The number of hydrogen-bond acceptors (Lipinski definition) is 6. The molecule has 1 saturated carbocycles. The number of nitrogens with one attached hydrogen (secondary N) is 1. The summed E-state index contributed by atoms with van der Waals surface area (Å²) in [4.78, 5) is 27.3. The van der Waals surface area contributed by atoms with Crippen molar-refractivity contribution < 1.29 is 24.5 Å². The summed E-state index contributed by atoms with van der Waals surface area (Å²) in [6.07, 6.45) is 5.84. The van der Waals surface area contributed by atoms with Gasteiger partial charge >= 0.3 is 5.97 Å². The molecule has 7 heteroatoms. The molecular weight excluding hydrogens is 300 g/mol. The van der Waals surface area contributed by atoms with E-state index in [9.17, 15) is 19.8 Å². The Morgan fingerprint density at radius 1 is 1.30 bits per heavy atom. The number of methoxy groups -OCH3 is 1. The van der Waals surface area contributed by atoms with Crippen molar-refractivity contribution in [2.24, 2.45) is 10.9 Å². The van der Waals surface area contributed by atoms with Crippen LogP contribution in [0.25, 0.3) is 0 Å². The molecule has 0 aliphatic heterocycles. The Balaban J connectivity index is 2.87. The van der Waals surface area contributed by atoms with Gasteiger partial charge in [-0.1, -0.05) is 38.7 Å². The average Bonchev–Trinajstić information content (AvgIpc) is 2.54. The molecule has 0 radical (unpaired) electrons. The first kappa shape index (κ1) is 18.7. The quantitative estimate of drug-likeness (QED) is 0.219. The van der Waals surface area contributed by atoms with Crippen molar-refractivity contribution >= 4 is 18.6 Å². The third-order valence-corrected chi connectivity index (χ3v) is 3.97. The molecule has 0 spiro atoms. The number of aliphatic hydroxyl groups excluding tert-OH is 2. The molecule has 128 valence electrons. The predicted molar refractivity (Wildman–Crippen MR) is 86.1 cm³/mol. The van der Waals surface area contributed by atoms with Crippen molar-refractivity contribution in [3.05, 3.63) is 23.8 Å². The normalized spacial score (nSPS) is 17.6. The van der Waals surface area contributed by atoms with E-state index in [-0.39, 0.29) is 0 Å². The number of esters is 1. The summed E-state index contributed by atoms with van der Waals surface area (Å²) < 4.78 is 4.73. The molecule has 1 aliphatic rings. The molecule has 1 aliphatic carbocycles. The van der Waals surface area contributed by atoms with E-state index in [0.29, 0.717) is 12.3 Å². The SMILES string of the molecule is C=N/C(O)=C(\C(=C)O)C(=O)NC(CC1CCCCC1)C(=O)OC. The number of carbonyl (C=O) groups is 2. The van der Waals surface area contributed by atoms with Crippen LogP contribution in [0.15, 0.2) is 28.8 Å². The number of aliphatic imine (C=N–C) groups is 1. The summed E-state index contributed by atoms with van der Waals surface area (Å²) in [7, 11) is 1.24. The van der Waals surface area contributed by atoms with Crippen LogP contribution < -0.4 is 5.32 Å².